The second-order valence-electron chi connectivity index (χ2n) is 5.45. The molecule has 0 aliphatic heterocycles. The molecule has 1 aromatic carbocycles. The molecule has 0 radical (unpaired) electrons. The molecule has 3 N–H and O–H groups in total. The lowest BCUT2D eigenvalue weighted by molar-refractivity contribution is 0.0943. The van der Waals surface area contributed by atoms with Crippen LogP contribution in [0, 0.1) is 0 Å². The van der Waals surface area contributed by atoms with E-state index in [1.54, 1.807) is 0 Å². The van der Waals surface area contributed by atoms with Crippen LogP contribution in [0.2, 0.25) is 0 Å². The third-order valence-corrected chi connectivity index (χ3v) is 5.07. The van der Waals surface area contributed by atoms with Crippen molar-refractivity contribution >= 4 is 33.3 Å². The maximum Gasteiger partial charge on any atom is 0.269 e. The monoisotopic (exact) mass is 373 g/mol. The van der Waals surface area contributed by atoms with Gasteiger partial charge in [-0.3, -0.25) is 15.6 Å². The van der Waals surface area contributed by atoms with Crippen molar-refractivity contribution in [1.29, 1.82) is 0 Å². The minimum Gasteiger partial charge on any atom is -0.360 e. The Morgan fingerprint density at radius 2 is 1.83 bits per heavy atom. The van der Waals surface area contributed by atoms with E-state index in [1.165, 1.54) is 38.4 Å². The topological polar surface area (TPSA) is 93.8 Å². The van der Waals surface area contributed by atoms with Gasteiger partial charge in [-0.2, -0.15) is 0 Å². The number of carbonyl (C=O) groups is 1. The summed E-state index contributed by atoms with van der Waals surface area (Å²) in [5.41, 5.74) is 5.22. The van der Waals surface area contributed by atoms with Crippen LogP contribution < -0.4 is 16.2 Å². The van der Waals surface area contributed by atoms with Crippen molar-refractivity contribution in [2.75, 3.05) is 41.3 Å². The molecule has 10 heteroatoms. The smallest absolute Gasteiger partial charge is 0.269 e. The first-order chi connectivity index (χ1) is 11.1. The lowest BCUT2D eigenvalue weighted by Gasteiger charge is -2.14. The summed E-state index contributed by atoms with van der Waals surface area (Å²) in [6, 6.07) is 5.79. The van der Waals surface area contributed by atoms with Crippen molar-refractivity contribution in [2.24, 2.45) is 0 Å². The average Bonchev–Trinajstić information content (AvgIpc) is 2.52. The lowest BCUT2D eigenvalue weighted by atomic mass is 10.2. The van der Waals surface area contributed by atoms with E-state index in [2.05, 4.69) is 16.2 Å². The molecule has 0 saturated heterocycles. The van der Waals surface area contributed by atoms with Gasteiger partial charge in [0.15, 0.2) is 5.11 Å². The van der Waals surface area contributed by atoms with Gasteiger partial charge < -0.3 is 10.2 Å². The van der Waals surface area contributed by atoms with Crippen LogP contribution >= 0.6 is 12.2 Å². The van der Waals surface area contributed by atoms with Gasteiger partial charge in [0, 0.05) is 32.7 Å². The zero-order valence-electron chi connectivity index (χ0n) is 14.2. The lowest BCUT2D eigenvalue weighted by Crippen LogP contribution is -2.48. The standard InChI is InChI=1S/C14H23N5O3S2/c1-18(2)9-8-15-14(23)17-16-13(20)11-6-5-7-12(10-11)24(21,22)19(3)4/h5-7,10H,8-9H2,1-4H3,(H,16,20)(H2,15,17,23). The fraction of sp³-hybridized carbons (Fsp3) is 0.429. The quantitative estimate of drug-likeness (QED) is 0.462. The Labute approximate surface area is 148 Å². The molecule has 0 bridgehead atoms. The van der Waals surface area contributed by atoms with Crippen molar-refractivity contribution in [2.45, 2.75) is 4.90 Å². The van der Waals surface area contributed by atoms with Crippen LogP contribution in [-0.4, -0.2) is 69.9 Å². The van der Waals surface area contributed by atoms with Crippen molar-refractivity contribution in [3.63, 3.8) is 0 Å². The summed E-state index contributed by atoms with van der Waals surface area (Å²) in [6.45, 7) is 1.42. The summed E-state index contributed by atoms with van der Waals surface area (Å²) >= 11 is 5.04. The van der Waals surface area contributed by atoms with Crippen LogP contribution in [-0.2, 0) is 10.0 Å². The molecule has 0 saturated carbocycles. The van der Waals surface area contributed by atoms with Crippen LogP contribution in [0.3, 0.4) is 0 Å². The van der Waals surface area contributed by atoms with Crippen molar-refractivity contribution < 1.29 is 13.2 Å². The van der Waals surface area contributed by atoms with E-state index in [0.717, 1.165) is 10.8 Å². The van der Waals surface area contributed by atoms with Crippen molar-refractivity contribution in [1.82, 2.24) is 25.4 Å². The van der Waals surface area contributed by atoms with Gasteiger partial charge in [0.2, 0.25) is 10.0 Å². The molecule has 0 aliphatic rings. The van der Waals surface area contributed by atoms with Gasteiger partial charge in [-0.15, -0.1) is 0 Å². The molecule has 0 aliphatic carbocycles. The number of amides is 1. The fourth-order valence-corrected chi connectivity index (χ4v) is 2.73. The molecular formula is C14H23N5O3S2. The number of rotatable bonds is 6. The molecular weight excluding hydrogens is 350 g/mol. The van der Waals surface area contributed by atoms with Gasteiger partial charge in [0.1, 0.15) is 0 Å². The highest BCUT2D eigenvalue weighted by Gasteiger charge is 2.18. The van der Waals surface area contributed by atoms with Crippen molar-refractivity contribution in [3.8, 4) is 0 Å². The molecule has 0 atom stereocenters. The minimum absolute atomic E-state index is 0.0480. The molecule has 134 valence electrons. The third kappa shape index (κ3) is 6.04. The molecule has 0 spiro atoms. The Kier molecular flexibility index (Phi) is 7.55. The number of sulfonamides is 1. The Bertz CT molecular complexity index is 689. The predicted molar refractivity (Wildman–Crippen MR) is 97.1 cm³/mol. The van der Waals surface area contributed by atoms with Gasteiger partial charge in [-0.25, -0.2) is 12.7 Å². The summed E-state index contributed by atoms with van der Waals surface area (Å²) in [4.78, 5) is 14.1. The van der Waals surface area contributed by atoms with Gasteiger partial charge in [0.05, 0.1) is 4.90 Å². The molecule has 8 nitrogen and oxygen atoms in total. The number of hydrazine groups is 1. The summed E-state index contributed by atoms with van der Waals surface area (Å²) < 4.78 is 25.3. The Morgan fingerprint density at radius 1 is 1.17 bits per heavy atom. The highest BCUT2D eigenvalue weighted by molar-refractivity contribution is 7.89. The Hall–Kier alpha value is -1.75. The highest BCUT2D eigenvalue weighted by Crippen LogP contribution is 2.14. The van der Waals surface area contributed by atoms with Gasteiger partial charge in [-0.1, -0.05) is 6.07 Å². The summed E-state index contributed by atoms with van der Waals surface area (Å²) in [7, 11) is 3.15. The average molecular weight is 374 g/mol. The molecule has 0 unspecified atom stereocenters. The van der Waals surface area contributed by atoms with Crippen LogP contribution in [0.15, 0.2) is 29.2 Å². The first kappa shape index (κ1) is 20.3. The molecule has 1 aromatic rings. The number of nitrogens with zero attached hydrogens (tertiary/aromatic N) is 2. The van der Waals surface area contributed by atoms with Gasteiger partial charge in [-0.05, 0) is 44.5 Å². The molecule has 0 aromatic heterocycles. The van der Waals surface area contributed by atoms with Crippen molar-refractivity contribution in [3.05, 3.63) is 29.8 Å². The number of likely N-dealkylation sites (N-methyl/N-ethyl adjacent to an activating group) is 1. The zero-order chi connectivity index (χ0) is 18.3. The predicted octanol–water partition coefficient (Wildman–Crippen LogP) is -0.393. The Morgan fingerprint density at radius 3 is 2.42 bits per heavy atom. The van der Waals surface area contributed by atoms with Gasteiger partial charge in [0.25, 0.3) is 5.91 Å². The van der Waals surface area contributed by atoms with E-state index in [9.17, 15) is 13.2 Å². The van der Waals surface area contributed by atoms with Gasteiger partial charge >= 0.3 is 0 Å². The van der Waals surface area contributed by atoms with Crippen LogP contribution in [0.4, 0.5) is 0 Å². The first-order valence-electron chi connectivity index (χ1n) is 7.16. The van der Waals surface area contributed by atoms with E-state index in [-0.39, 0.29) is 15.6 Å². The van der Waals surface area contributed by atoms with E-state index in [0.29, 0.717) is 6.54 Å². The van der Waals surface area contributed by atoms with E-state index < -0.39 is 15.9 Å². The summed E-state index contributed by atoms with van der Waals surface area (Å²) in [5.74, 6) is -0.484. The largest absolute Gasteiger partial charge is 0.360 e. The number of nitrogens with one attached hydrogen (secondary N) is 3. The molecule has 24 heavy (non-hydrogen) atoms. The zero-order valence-corrected chi connectivity index (χ0v) is 15.8. The summed E-state index contributed by atoms with van der Waals surface area (Å²) in [5, 5.41) is 3.21. The number of hydrogen-bond donors (Lipinski definition) is 3. The maximum absolute atomic E-state index is 12.1. The molecule has 1 rings (SSSR count). The minimum atomic E-state index is -3.59. The maximum atomic E-state index is 12.1. The van der Waals surface area contributed by atoms with E-state index in [1.807, 2.05) is 19.0 Å². The molecule has 1 amide bonds. The summed E-state index contributed by atoms with van der Waals surface area (Å²) in [6.07, 6.45) is 0. The Balaban J connectivity index is 2.65. The molecule has 0 fully saturated rings. The van der Waals surface area contributed by atoms with Crippen LogP contribution in [0.25, 0.3) is 0 Å². The normalized spacial score (nSPS) is 11.4. The van der Waals surface area contributed by atoms with Crippen LogP contribution in [0.1, 0.15) is 10.4 Å². The van der Waals surface area contributed by atoms with E-state index in [4.69, 9.17) is 12.2 Å². The number of hydrogen-bond acceptors (Lipinski definition) is 5. The second-order valence-corrected chi connectivity index (χ2v) is 8.01. The van der Waals surface area contributed by atoms with Crippen LogP contribution in [0.5, 0.6) is 0 Å². The number of thiocarbonyl (C=S) groups is 1. The van der Waals surface area contributed by atoms with E-state index >= 15 is 0 Å². The highest BCUT2D eigenvalue weighted by atomic mass is 32.2. The second kappa shape index (κ2) is 8.92. The third-order valence-electron chi connectivity index (χ3n) is 3.01. The number of carbonyl (C=O) groups excluding carboxylic acids is 1. The number of benzene rings is 1. The molecule has 0 heterocycles. The first-order valence-corrected chi connectivity index (χ1v) is 9.01. The SMILES string of the molecule is CN(C)CCNC(=S)NNC(=O)c1cccc(S(=O)(=O)N(C)C)c1. The fourth-order valence-electron chi connectivity index (χ4n) is 1.63.